The van der Waals surface area contributed by atoms with E-state index in [1.165, 1.54) is 18.4 Å². The van der Waals surface area contributed by atoms with Crippen LogP contribution in [0.1, 0.15) is 31.2 Å². The lowest BCUT2D eigenvalue weighted by Gasteiger charge is -2.10. The minimum absolute atomic E-state index is 0.773. The third kappa shape index (κ3) is 3.84. The van der Waals surface area contributed by atoms with Crippen LogP contribution < -0.4 is 10.1 Å². The molecular weight excluding hydrogens is 250 g/mol. The molecule has 0 aliphatic rings. The van der Waals surface area contributed by atoms with Gasteiger partial charge in [0.05, 0.1) is 13.7 Å². The maximum Gasteiger partial charge on any atom is 0.123 e. The van der Waals surface area contributed by atoms with Gasteiger partial charge in [0.25, 0.3) is 0 Å². The Hall–Kier alpha value is -1.81. The third-order valence-electron chi connectivity index (χ3n) is 3.35. The zero-order chi connectivity index (χ0) is 14.2. The molecule has 0 spiro atoms. The Balaban J connectivity index is 1.88. The van der Waals surface area contributed by atoms with Crippen LogP contribution in [0.2, 0.25) is 0 Å². The van der Waals surface area contributed by atoms with Gasteiger partial charge < -0.3 is 14.6 Å². The molecule has 1 heterocycles. The number of nitrogens with zero attached hydrogens (tertiary/aromatic N) is 2. The molecule has 0 bridgehead atoms. The molecule has 4 nitrogen and oxygen atoms in total. The Morgan fingerprint density at radius 1 is 1.25 bits per heavy atom. The van der Waals surface area contributed by atoms with Crippen molar-refractivity contribution in [1.29, 1.82) is 0 Å². The summed E-state index contributed by atoms with van der Waals surface area (Å²) in [5.41, 5.74) is 1.17. The van der Waals surface area contributed by atoms with E-state index in [-0.39, 0.29) is 0 Å². The zero-order valence-corrected chi connectivity index (χ0v) is 12.3. The SMILES string of the molecule is CCCCn1ccnc1CNCc1ccccc1OC. The average molecular weight is 273 g/mol. The van der Waals surface area contributed by atoms with E-state index in [2.05, 4.69) is 34.1 Å². The van der Waals surface area contributed by atoms with Crippen molar-refractivity contribution in [3.05, 3.63) is 48.0 Å². The van der Waals surface area contributed by atoms with Crippen molar-refractivity contribution in [2.45, 2.75) is 39.4 Å². The summed E-state index contributed by atoms with van der Waals surface area (Å²) in [5, 5.41) is 3.43. The molecule has 4 heteroatoms. The zero-order valence-electron chi connectivity index (χ0n) is 12.3. The number of methoxy groups -OCH3 is 1. The first-order chi connectivity index (χ1) is 9.85. The number of rotatable bonds is 8. The second kappa shape index (κ2) is 7.70. The summed E-state index contributed by atoms with van der Waals surface area (Å²) in [6.45, 7) is 4.80. The molecule has 20 heavy (non-hydrogen) atoms. The molecule has 0 unspecified atom stereocenters. The van der Waals surface area contributed by atoms with Gasteiger partial charge in [0.15, 0.2) is 0 Å². The molecule has 0 fully saturated rings. The van der Waals surface area contributed by atoms with Crippen molar-refractivity contribution in [3.63, 3.8) is 0 Å². The first kappa shape index (κ1) is 14.6. The van der Waals surface area contributed by atoms with E-state index in [0.29, 0.717) is 0 Å². The number of aromatic nitrogens is 2. The Morgan fingerprint density at radius 3 is 2.90 bits per heavy atom. The molecule has 1 aromatic carbocycles. The normalized spacial score (nSPS) is 10.7. The van der Waals surface area contributed by atoms with E-state index in [9.17, 15) is 0 Å². The molecule has 0 radical (unpaired) electrons. The second-order valence-corrected chi connectivity index (χ2v) is 4.81. The molecule has 0 atom stereocenters. The summed E-state index contributed by atoms with van der Waals surface area (Å²) in [5.74, 6) is 2.02. The average Bonchev–Trinajstić information content (AvgIpc) is 2.93. The van der Waals surface area contributed by atoms with Crippen LogP contribution >= 0.6 is 0 Å². The van der Waals surface area contributed by atoms with Gasteiger partial charge in [-0.05, 0) is 12.5 Å². The number of imidazole rings is 1. The van der Waals surface area contributed by atoms with Crippen LogP contribution in [-0.4, -0.2) is 16.7 Å². The predicted molar refractivity (Wildman–Crippen MR) is 80.7 cm³/mol. The number of ether oxygens (including phenoxy) is 1. The topological polar surface area (TPSA) is 39.1 Å². The van der Waals surface area contributed by atoms with E-state index < -0.39 is 0 Å². The Morgan fingerprint density at radius 2 is 2.10 bits per heavy atom. The minimum Gasteiger partial charge on any atom is -0.496 e. The van der Waals surface area contributed by atoms with Gasteiger partial charge in [0, 0.05) is 31.0 Å². The van der Waals surface area contributed by atoms with Crippen molar-refractivity contribution in [2.75, 3.05) is 7.11 Å². The highest BCUT2D eigenvalue weighted by Crippen LogP contribution is 2.16. The van der Waals surface area contributed by atoms with Crippen LogP contribution in [0.15, 0.2) is 36.7 Å². The lowest BCUT2D eigenvalue weighted by Crippen LogP contribution is -2.17. The highest BCUT2D eigenvalue weighted by molar-refractivity contribution is 5.32. The van der Waals surface area contributed by atoms with E-state index in [1.54, 1.807) is 7.11 Å². The van der Waals surface area contributed by atoms with Gasteiger partial charge >= 0.3 is 0 Å². The van der Waals surface area contributed by atoms with Crippen molar-refractivity contribution in [3.8, 4) is 5.75 Å². The Kier molecular flexibility index (Phi) is 5.62. The fourth-order valence-corrected chi connectivity index (χ4v) is 2.20. The van der Waals surface area contributed by atoms with Crippen LogP contribution in [0, 0.1) is 0 Å². The van der Waals surface area contributed by atoms with Crippen LogP contribution in [-0.2, 0) is 19.6 Å². The number of nitrogens with one attached hydrogen (secondary N) is 1. The van der Waals surface area contributed by atoms with Crippen molar-refractivity contribution < 1.29 is 4.74 Å². The van der Waals surface area contributed by atoms with E-state index in [4.69, 9.17) is 4.74 Å². The summed E-state index contributed by atoms with van der Waals surface area (Å²) < 4.78 is 7.57. The number of hydrogen-bond donors (Lipinski definition) is 1. The van der Waals surface area contributed by atoms with Gasteiger partial charge in [-0.2, -0.15) is 0 Å². The molecule has 2 rings (SSSR count). The number of aryl methyl sites for hydroxylation is 1. The van der Waals surface area contributed by atoms with E-state index >= 15 is 0 Å². The summed E-state index contributed by atoms with van der Waals surface area (Å²) in [6.07, 6.45) is 6.31. The lowest BCUT2D eigenvalue weighted by atomic mass is 10.2. The van der Waals surface area contributed by atoms with Gasteiger partial charge in [0.2, 0.25) is 0 Å². The standard InChI is InChI=1S/C16H23N3O/c1-3-4-10-19-11-9-18-16(19)13-17-12-14-7-5-6-8-15(14)20-2/h5-9,11,17H,3-4,10,12-13H2,1-2H3. The summed E-state index contributed by atoms with van der Waals surface area (Å²) >= 11 is 0. The van der Waals surface area contributed by atoms with Crippen molar-refractivity contribution in [2.24, 2.45) is 0 Å². The fraction of sp³-hybridized carbons (Fsp3) is 0.438. The smallest absolute Gasteiger partial charge is 0.123 e. The summed E-state index contributed by atoms with van der Waals surface area (Å²) in [6, 6.07) is 8.08. The molecular formula is C16H23N3O. The fourth-order valence-electron chi connectivity index (χ4n) is 2.20. The van der Waals surface area contributed by atoms with Gasteiger partial charge in [0.1, 0.15) is 11.6 Å². The van der Waals surface area contributed by atoms with Gasteiger partial charge in [-0.3, -0.25) is 0 Å². The van der Waals surface area contributed by atoms with Crippen LogP contribution in [0.25, 0.3) is 0 Å². The molecule has 1 aromatic heterocycles. The second-order valence-electron chi connectivity index (χ2n) is 4.81. The maximum atomic E-state index is 5.35. The molecule has 108 valence electrons. The maximum absolute atomic E-state index is 5.35. The number of hydrogen-bond acceptors (Lipinski definition) is 3. The molecule has 0 saturated carbocycles. The van der Waals surface area contributed by atoms with Crippen LogP contribution in [0.5, 0.6) is 5.75 Å². The van der Waals surface area contributed by atoms with Crippen molar-refractivity contribution in [1.82, 2.24) is 14.9 Å². The Labute approximate surface area is 120 Å². The summed E-state index contributed by atoms with van der Waals surface area (Å²) in [4.78, 5) is 4.41. The first-order valence-corrected chi connectivity index (χ1v) is 7.17. The Bertz CT molecular complexity index is 522. The molecule has 2 aromatic rings. The molecule has 0 aliphatic carbocycles. The van der Waals surface area contributed by atoms with Crippen LogP contribution in [0.4, 0.5) is 0 Å². The van der Waals surface area contributed by atoms with Crippen LogP contribution in [0.3, 0.4) is 0 Å². The molecule has 0 saturated heterocycles. The van der Waals surface area contributed by atoms with Crippen molar-refractivity contribution >= 4 is 0 Å². The van der Waals surface area contributed by atoms with E-state index in [0.717, 1.165) is 31.2 Å². The minimum atomic E-state index is 0.773. The predicted octanol–water partition coefficient (Wildman–Crippen LogP) is 2.98. The molecule has 0 amide bonds. The highest BCUT2D eigenvalue weighted by Gasteiger charge is 2.04. The largest absolute Gasteiger partial charge is 0.496 e. The van der Waals surface area contributed by atoms with Gasteiger partial charge in [-0.15, -0.1) is 0 Å². The lowest BCUT2D eigenvalue weighted by molar-refractivity contribution is 0.407. The quantitative estimate of drug-likeness (QED) is 0.803. The van der Waals surface area contributed by atoms with Gasteiger partial charge in [-0.1, -0.05) is 31.5 Å². The van der Waals surface area contributed by atoms with E-state index in [1.807, 2.05) is 24.4 Å². The number of unbranched alkanes of at least 4 members (excludes halogenated alkanes) is 1. The number of benzene rings is 1. The highest BCUT2D eigenvalue weighted by atomic mass is 16.5. The van der Waals surface area contributed by atoms with Gasteiger partial charge in [-0.25, -0.2) is 4.98 Å². The molecule has 0 aliphatic heterocycles. The monoisotopic (exact) mass is 273 g/mol. The third-order valence-corrected chi connectivity index (χ3v) is 3.35. The summed E-state index contributed by atoms with van der Waals surface area (Å²) in [7, 11) is 1.70. The number of para-hydroxylation sites is 1. The first-order valence-electron chi connectivity index (χ1n) is 7.17. The molecule has 1 N–H and O–H groups in total.